The first-order chi connectivity index (χ1) is 9.54. The van der Waals surface area contributed by atoms with E-state index in [-0.39, 0.29) is 11.4 Å². The van der Waals surface area contributed by atoms with Crippen LogP contribution in [0.3, 0.4) is 0 Å². The highest BCUT2D eigenvalue weighted by Gasteiger charge is 2.18. The van der Waals surface area contributed by atoms with Gasteiger partial charge in [0.25, 0.3) is 0 Å². The van der Waals surface area contributed by atoms with Crippen LogP contribution in [-0.2, 0) is 0 Å². The fourth-order valence-corrected chi connectivity index (χ4v) is 2.62. The van der Waals surface area contributed by atoms with E-state index in [1.54, 1.807) is 42.3 Å². The minimum Gasteiger partial charge on any atom is -0.478 e. The molecular weight excluding hydrogens is 277 g/mol. The number of thioether (sulfide) groups is 1. The molecule has 0 aliphatic heterocycles. The number of halogens is 1. The summed E-state index contributed by atoms with van der Waals surface area (Å²) in [7, 11) is 1.72. The van der Waals surface area contributed by atoms with Crippen molar-refractivity contribution >= 4 is 29.1 Å². The summed E-state index contributed by atoms with van der Waals surface area (Å²) >= 11 is 1.37. The zero-order valence-electron chi connectivity index (χ0n) is 11.1. The maximum Gasteiger partial charge on any atom is 0.338 e. The molecule has 2 aromatic rings. The van der Waals surface area contributed by atoms with Crippen LogP contribution in [0.15, 0.2) is 47.4 Å². The van der Waals surface area contributed by atoms with E-state index in [9.17, 15) is 14.3 Å². The lowest BCUT2D eigenvalue weighted by molar-refractivity contribution is 0.0694. The van der Waals surface area contributed by atoms with E-state index >= 15 is 0 Å². The Morgan fingerprint density at radius 2 is 1.95 bits per heavy atom. The number of nitrogens with zero attached hydrogens (tertiary/aromatic N) is 1. The number of carboxylic acid groups (broad SMARTS) is 1. The largest absolute Gasteiger partial charge is 0.478 e. The van der Waals surface area contributed by atoms with Crippen LogP contribution >= 0.6 is 11.8 Å². The van der Waals surface area contributed by atoms with Crippen molar-refractivity contribution in [2.24, 2.45) is 0 Å². The first-order valence-electron chi connectivity index (χ1n) is 5.94. The Balaban J connectivity index is 2.54. The maximum absolute atomic E-state index is 13.3. The topological polar surface area (TPSA) is 40.5 Å². The third kappa shape index (κ3) is 2.77. The van der Waals surface area contributed by atoms with Gasteiger partial charge in [0.05, 0.1) is 11.3 Å². The van der Waals surface area contributed by atoms with Crippen LogP contribution in [0.2, 0.25) is 0 Å². The second-order valence-electron chi connectivity index (χ2n) is 4.20. The minimum absolute atomic E-state index is 0.228. The number of carboxylic acids is 1. The number of anilines is 2. The van der Waals surface area contributed by atoms with Crippen LogP contribution in [0.1, 0.15) is 10.4 Å². The van der Waals surface area contributed by atoms with Crippen molar-refractivity contribution < 1.29 is 14.3 Å². The molecule has 0 radical (unpaired) electrons. The summed E-state index contributed by atoms with van der Waals surface area (Å²) in [5.74, 6) is -1.35. The van der Waals surface area contributed by atoms with Crippen molar-refractivity contribution in [2.75, 3.05) is 18.2 Å². The Labute approximate surface area is 121 Å². The van der Waals surface area contributed by atoms with Gasteiger partial charge in [-0.05, 0) is 36.6 Å². The molecule has 0 aromatic heterocycles. The molecule has 0 saturated carbocycles. The molecule has 3 nitrogen and oxygen atoms in total. The molecule has 0 aliphatic carbocycles. The summed E-state index contributed by atoms with van der Waals surface area (Å²) < 4.78 is 13.3. The summed E-state index contributed by atoms with van der Waals surface area (Å²) in [4.78, 5) is 13.8. The van der Waals surface area contributed by atoms with Crippen molar-refractivity contribution in [3.05, 3.63) is 53.8 Å². The van der Waals surface area contributed by atoms with Crippen LogP contribution in [0, 0.1) is 5.82 Å². The minimum atomic E-state index is -0.992. The fraction of sp³-hybridized carbons (Fsp3) is 0.133. The van der Waals surface area contributed by atoms with E-state index in [2.05, 4.69) is 0 Å². The second-order valence-corrected chi connectivity index (χ2v) is 5.05. The van der Waals surface area contributed by atoms with Crippen molar-refractivity contribution in [1.82, 2.24) is 0 Å². The van der Waals surface area contributed by atoms with Gasteiger partial charge in [0.15, 0.2) is 0 Å². The highest BCUT2D eigenvalue weighted by molar-refractivity contribution is 7.98. The van der Waals surface area contributed by atoms with Gasteiger partial charge in [-0.3, -0.25) is 0 Å². The Morgan fingerprint density at radius 3 is 2.55 bits per heavy atom. The van der Waals surface area contributed by atoms with E-state index in [0.29, 0.717) is 16.3 Å². The molecule has 1 N–H and O–H groups in total. The molecule has 0 heterocycles. The van der Waals surface area contributed by atoms with Gasteiger partial charge >= 0.3 is 5.97 Å². The summed E-state index contributed by atoms with van der Waals surface area (Å²) in [6, 6.07) is 11.3. The predicted molar refractivity (Wildman–Crippen MR) is 79.6 cm³/mol. The van der Waals surface area contributed by atoms with Crippen LogP contribution in [-0.4, -0.2) is 24.4 Å². The highest BCUT2D eigenvalue weighted by Crippen LogP contribution is 2.33. The molecule has 2 aromatic carbocycles. The zero-order valence-corrected chi connectivity index (χ0v) is 11.9. The van der Waals surface area contributed by atoms with Gasteiger partial charge in [-0.15, -0.1) is 11.8 Å². The van der Waals surface area contributed by atoms with E-state index in [1.807, 2.05) is 6.26 Å². The number of rotatable bonds is 4. The third-order valence-corrected chi connectivity index (χ3v) is 3.77. The smallest absolute Gasteiger partial charge is 0.338 e. The number of aromatic carboxylic acids is 1. The fourth-order valence-electron chi connectivity index (χ4n) is 2.01. The van der Waals surface area contributed by atoms with Gasteiger partial charge in [0.2, 0.25) is 0 Å². The Morgan fingerprint density at radius 1 is 1.25 bits per heavy atom. The van der Waals surface area contributed by atoms with Gasteiger partial charge in [-0.1, -0.05) is 12.1 Å². The van der Waals surface area contributed by atoms with Crippen LogP contribution in [0.5, 0.6) is 0 Å². The standard InChI is InChI=1S/C15H14FNO2S/c1-17(11-6-3-5-10(16)9-11)12-7-4-8-13(20-2)14(12)15(18)19/h3-9H,1-2H3,(H,18,19). The number of hydrogen-bond acceptors (Lipinski definition) is 3. The average molecular weight is 291 g/mol. The van der Waals surface area contributed by atoms with E-state index < -0.39 is 5.97 Å². The Bertz CT molecular complexity index is 646. The lowest BCUT2D eigenvalue weighted by Gasteiger charge is -2.22. The zero-order chi connectivity index (χ0) is 14.7. The average Bonchev–Trinajstić information content (AvgIpc) is 2.45. The quantitative estimate of drug-likeness (QED) is 0.864. The van der Waals surface area contributed by atoms with Crippen molar-refractivity contribution in [1.29, 1.82) is 0 Å². The van der Waals surface area contributed by atoms with Gasteiger partial charge in [0, 0.05) is 17.6 Å². The first kappa shape index (κ1) is 14.4. The van der Waals surface area contributed by atoms with E-state index in [1.165, 1.54) is 23.9 Å². The lowest BCUT2D eigenvalue weighted by Crippen LogP contribution is -2.15. The lowest BCUT2D eigenvalue weighted by atomic mass is 10.1. The molecule has 104 valence electrons. The van der Waals surface area contributed by atoms with Gasteiger partial charge in [-0.2, -0.15) is 0 Å². The first-order valence-corrected chi connectivity index (χ1v) is 7.16. The van der Waals surface area contributed by atoms with Gasteiger partial charge in [-0.25, -0.2) is 9.18 Å². The third-order valence-electron chi connectivity index (χ3n) is 2.99. The van der Waals surface area contributed by atoms with Crippen LogP contribution in [0.4, 0.5) is 15.8 Å². The molecule has 0 spiro atoms. The molecular formula is C15H14FNO2S. The number of benzene rings is 2. The molecule has 5 heteroatoms. The van der Waals surface area contributed by atoms with E-state index in [4.69, 9.17) is 0 Å². The summed E-state index contributed by atoms with van der Waals surface area (Å²) in [5.41, 5.74) is 1.37. The highest BCUT2D eigenvalue weighted by atomic mass is 32.2. The molecule has 0 unspecified atom stereocenters. The molecule has 0 fully saturated rings. The normalized spacial score (nSPS) is 10.3. The van der Waals surface area contributed by atoms with Crippen molar-refractivity contribution in [3.63, 3.8) is 0 Å². The molecule has 0 saturated heterocycles. The summed E-state index contributed by atoms with van der Waals surface area (Å²) in [6.07, 6.45) is 1.83. The van der Waals surface area contributed by atoms with Gasteiger partial charge < -0.3 is 10.0 Å². The summed E-state index contributed by atoms with van der Waals surface area (Å²) in [5, 5.41) is 9.41. The van der Waals surface area contributed by atoms with Crippen LogP contribution < -0.4 is 4.90 Å². The van der Waals surface area contributed by atoms with Gasteiger partial charge in [0.1, 0.15) is 5.82 Å². The number of hydrogen-bond donors (Lipinski definition) is 1. The molecule has 0 amide bonds. The molecule has 0 atom stereocenters. The van der Waals surface area contributed by atoms with Crippen molar-refractivity contribution in [3.8, 4) is 0 Å². The molecule has 2 rings (SSSR count). The van der Waals surface area contributed by atoms with Crippen LogP contribution in [0.25, 0.3) is 0 Å². The molecule has 20 heavy (non-hydrogen) atoms. The van der Waals surface area contributed by atoms with Crippen molar-refractivity contribution in [2.45, 2.75) is 4.90 Å². The maximum atomic E-state index is 13.3. The Hall–Kier alpha value is -2.01. The molecule has 0 bridgehead atoms. The SMILES string of the molecule is CSc1cccc(N(C)c2cccc(F)c2)c1C(=O)O. The second kappa shape index (κ2) is 5.96. The monoisotopic (exact) mass is 291 g/mol. The number of carbonyl (C=O) groups is 1. The van der Waals surface area contributed by atoms with E-state index in [0.717, 1.165) is 0 Å². The predicted octanol–water partition coefficient (Wildman–Crippen LogP) is 4.01. The Kier molecular flexibility index (Phi) is 4.29. The molecule has 0 aliphatic rings. The summed E-state index contributed by atoms with van der Waals surface area (Å²) in [6.45, 7) is 0.